The minimum Gasteiger partial charge on any atom is -0.396 e. The highest BCUT2D eigenvalue weighted by Crippen LogP contribution is 2.39. The summed E-state index contributed by atoms with van der Waals surface area (Å²) in [6.07, 6.45) is 3.03. The van der Waals surface area contributed by atoms with Gasteiger partial charge >= 0.3 is 0 Å². The first-order valence-electron chi connectivity index (χ1n) is 6.46. The maximum Gasteiger partial charge on any atom is 0.259 e. The fraction of sp³-hybridized carbons (Fsp3) is 0.400. The van der Waals surface area contributed by atoms with Gasteiger partial charge in [-0.1, -0.05) is 31.2 Å². The first-order chi connectivity index (χ1) is 8.74. The summed E-state index contributed by atoms with van der Waals surface area (Å²) in [5.74, 6) is 0.237. The predicted octanol–water partition coefficient (Wildman–Crippen LogP) is 2.27. The summed E-state index contributed by atoms with van der Waals surface area (Å²) in [6, 6.07) is 7.72. The van der Waals surface area contributed by atoms with Gasteiger partial charge in [-0.3, -0.25) is 4.79 Å². The molecular formula is C15H17NO2. The summed E-state index contributed by atoms with van der Waals surface area (Å²) < 4.78 is 0. The van der Waals surface area contributed by atoms with Crippen LogP contribution in [0.3, 0.4) is 0 Å². The minimum absolute atomic E-state index is 0.0425. The molecule has 0 aromatic heterocycles. The number of aliphatic hydroxyl groups is 1. The van der Waals surface area contributed by atoms with Crippen LogP contribution in [0.2, 0.25) is 0 Å². The normalized spacial score (nSPS) is 26.8. The molecule has 0 bridgehead atoms. The molecule has 2 unspecified atom stereocenters. The van der Waals surface area contributed by atoms with E-state index in [-0.39, 0.29) is 24.5 Å². The maximum atomic E-state index is 12.4. The molecule has 0 saturated heterocycles. The average Bonchev–Trinajstić information content (AvgIpc) is 2.95. The Kier molecular flexibility index (Phi) is 2.71. The van der Waals surface area contributed by atoms with Gasteiger partial charge in [-0.2, -0.15) is 0 Å². The van der Waals surface area contributed by atoms with Crippen LogP contribution in [0.1, 0.15) is 35.2 Å². The molecular weight excluding hydrogens is 226 g/mol. The third kappa shape index (κ3) is 1.51. The Morgan fingerprint density at radius 1 is 1.28 bits per heavy atom. The summed E-state index contributed by atoms with van der Waals surface area (Å²) in [6.45, 7) is 4.22. The molecule has 3 rings (SSSR count). The highest BCUT2D eigenvalue weighted by Gasteiger charge is 2.40. The molecule has 2 aliphatic rings. The fourth-order valence-electron chi connectivity index (χ4n) is 3.22. The largest absolute Gasteiger partial charge is 0.396 e. The lowest BCUT2D eigenvalue weighted by molar-refractivity contribution is 0.0746. The summed E-state index contributed by atoms with van der Waals surface area (Å²) in [4.78, 5) is 14.2. The van der Waals surface area contributed by atoms with E-state index in [9.17, 15) is 9.90 Å². The van der Waals surface area contributed by atoms with E-state index in [1.54, 1.807) is 4.90 Å². The van der Waals surface area contributed by atoms with Gasteiger partial charge in [0.1, 0.15) is 0 Å². The topological polar surface area (TPSA) is 40.5 Å². The smallest absolute Gasteiger partial charge is 0.259 e. The zero-order valence-corrected chi connectivity index (χ0v) is 10.3. The van der Waals surface area contributed by atoms with Gasteiger partial charge in [-0.05, 0) is 18.9 Å². The van der Waals surface area contributed by atoms with Crippen molar-refractivity contribution in [2.45, 2.75) is 25.3 Å². The van der Waals surface area contributed by atoms with Crippen LogP contribution in [0, 0.1) is 5.92 Å². The van der Waals surface area contributed by atoms with Crippen molar-refractivity contribution in [1.29, 1.82) is 0 Å². The molecule has 1 fully saturated rings. The first kappa shape index (κ1) is 11.5. The molecule has 3 nitrogen and oxygen atoms in total. The van der Waals surface area contributed by atoms with Crippen LogP contribution < -0.4 is 0 Å². The van der Waals surface area contributed by atoms with E-state index in [0.29, 0.717) is 0 Å². The Morgan fingerprint density at radius 2 is 2.00 bits per heavy atom. The third-order valence-corrected chi connectivity index (χ3v) is 4.16. The van der Waals surface area contributed by atoms with Gasteiger partial charge in [0.2, 0.25) is 0 Å². The molecule has 1 aliphatic heterocycles. The average molecular weight is 243 g/mol. The van der Waals surface area contributed by atoms with Crippen molar-refractivity contribution in [3.8, 4) is 0 Å². The van der Waals surface area contributed by atoms with E-state index >= 15 is 0 Å². The Balaban J connectivity index is 1.97. The molecule has 1 saturated carbocycles. The van der Waals surface area contributed by atoms with Crippen LogP contribution >= 0.6 is 0 Å². The number of hydrogen-bond acceptors (Lipinski definition) is 2. The number of nitrogens with zero attached hydrogens (tertiary/aromatic N) is 1. The molecule has 3 heteroatoms. The van der Waals surface area contributed by atoms with Crippen molar-refractivity contribution in [3.05, 3.63) is 42.0 Å². The number of fused-ring (bicyclic) bond motifs is 1. The molecule has 1 amide bonds. The second-order valence-electron chi connectivity index (χ2n) is 5.11. The molecule has 1 aromatic rings. The van der Waals surface area contributed by atoms with Gasteiger partial charge in [-0.25, -0.2) is 0 Å². The summed E-state index contributed by atoms with van der Waals surface area (Å²) >= 11 is 0. The Morgan fingerprint density at radius 3 is 2.67 bits per heavy atom. The molecule has 1 aliphatic carbocycles. The van der Waals surface area contributed by atoms with Crippen LogP contribution in [0.15, 0.2) is 30.8 Å². The monoisotopic (exact) mass is 243 g/mol. The van der Waals surface area contributed by atoms with Crippen LogP contribution in [-0.2, 0) is 0 Å². The lowest BCUT2D eigenvalue weighted by Crippen LogP contribution is -2.38. The number of aliphatic hydroxyl groups excluding tert-OH is 1. The molecule has 94 valence electrons. The van der Waals surface area contributed by atoms with E-state index in [2.05, 4.69) is 6.58 Å². The van der Waals surface area contributed by atoms with Crippen LogP contribution in [0.25, 0.3) is 5.70 Å². The summed E-state index contributed by atoms with van der Waals surface area (Å²) in [5.41, 5.74) is 2.47. The van der Waals surface area contributed by atoms with Gasteiger partial charge in [0.05, 0.1) is 0 Å². The number of hydrogen-bond donors (Lipinski definition) is 1. The van der Waals surface area contributed by atoms with E-state index in [4.69, 9.17) is 0 Å². The van der Waals surface area contributed by atoms with Crippen LogP contribution in [-0.4, -0.2) is 28.6 Å². The quantitative estimate of drug-likeness (QED) is 0.865. The summed E-state index contributed by atoms with van der Waals surface area (Å²) in [5, 5.41) is 9.42. The third-order valence-electron chi connectivity index (χ3n) is 4.16. The van der Waals surface area contributed by atoms with Gasteiger partial charge in [0.25, 0.3) is 5.91 Å². The van der Waals surface area contributed by atoms with Crippen molar-refractivity contribution < 1.29 is 9.90 Å². The lowest BCUT2D eigenvalue weighted by Gasteiger charge is -2.29. The van der Waals surface area contributed by atoms with Crippen molar-refractivity contribution in [3.63, 3.8) is 0 Å². The molecule has 18 heavy (non-hydrogen) atoms. The molecule has 1 aromatic carbocycles. The van der Waals surface area contributed by atoms with Crippen molar-refractivity contribution in [2.75, 3.05) is 6.61 Å². The van der Waals surface area contributed by atoms with Gasteiger partial charge in [-0.15, -0.1) is 0 Å². The van der Waals surface area contributed by atoms with Crippen LogP contribution in [0.4, 0.5) is 0 Å². The molecule has 1 heterocycles. The predicted molar refractivity (Wildman–Crippen MR) is 69.9 cm³/mol. The Hall–Kier alpha value is -1.61. The standard InChI is InChI=1S/C15H17NO2/c1-10-12-6-2-3-7-13(12)15(18)16(10)14-8-4-5-11(14)9-17/h2-3,6-7,11,14,17H,1,4-5,8-9H2. The number of amides is 1. The summed E-state index contributed by atoms with van der Waals surface area (Å²) in [7, 11) is 0. The SMILES string of the molecule is C=C1c2ccccc2C(=O)N1C1CCCC1CO. The first-order valence-corrected chi connectivity index (χ1v) is 6.46. The number of carbonyl (C=O) groups is 1. The molecule has 1 N–H and O–H groups in total. The Bertz CT molecular complexity index is 474. The molecule has 0 spiro atoms. The second-order valence-corrected chi connectivity index (χ2v) is 5.11. The Labute approximate surface area is 107 Å². The van der Waals surface area contributed by atoms with Gasteiger partial charge in [0.15, 0.2) is 0 Å². The van der Waals surface area contributed by atoms with Gasteiger partial charge in [0, 0.05) is 35.4 Å². The number of benzene rings is 1. The highest BCUT2D eigenvalue weighted by molar-refractivity contribution is 6.09. The van der Waals surface area contributed by atoms with Gasteiger partial charge < -0.3 is 10.0 Å². The number of carbonyl (C=O) groups excluding carboxylic acids is 1. The molecule has 0 radical (unpaired) electrons. The van der Waals surface area contributed by atoms with E-state index in [1.165, 1.54) is 0 Å². The lowest BCUT2D eigenvalue weighted by atomic mass is 10.0. The zero-order valence-electron chi connectivity index (χ0n) is 10.3. The van der Waals surface area contributed by atoms with Crippen molar-refractivity contribution in [2.24, 2.45) is 5.92 Å². The van der Waals surface area contributed by atoms with E-state index in [0.717, 1.165) is 36.1 Å². The van der Waals surface area contributed by atoms with Crippen molar-refractivity contribution >= 4 is 11.6 Å². The van der Waals surface area contributed by atoms with Crippen molar-refractivity contribution in [1.82, 2.24) is 4.90 Å². The van der Waals surface area contributed by atoms with E-state index < -0.39 is 0 Å². The highest BCUT2D eigenvalue weighted by atomic mass is 16.3. The fourth-order valence-corrected chi connectivity index (χ4v) is 3.22. The van der Waals surface area contributed by atoms with E-state index in [1.807, 2.05) is 24.3 Å². The maximum absolute atomic E-state index is 12.4. The van der Waals surface area contributed by atoms with Crippen LogP contribution in [0.5, 0.6) is 0 Å². The minimum atomic E-state index is 0.0425. The molecule has 2 atom stereocenters. The number of rotatable bonds is 2. The zero-order chi connectivity index (χ0) is 12.7. The second kappa shape index (κ2) is 4.25.